The molecule has 1 heterocycles. The standard InChI is InChI=1S/C13H13BrN2O2/c1-3-18-13(17)12-10(14)9-6-4-5-8(7(2)15)11(9)16-12/h4-6,15-16H,3H2,1-2H3. The molecule has 0 aliphatic carbocycles. The Balaban J connectivity index is 2.66. The normalized spacial score (nSPS) is 10.6. The SMILES string of the molecule is CCOC(=O)c1[nH]c2c(C(C)=N)cccc2c1Br. The lowest BCUT2D eigenvalue weighted by atomic mass is 10.1. The average molecular weight is 309 g/mol. The van der Waals surface area contributed by atoms with Gasteiger partial charge in [-0.2, -0.15) is 0 Å². The third-order valence-electron chi connectivity index (χ3n) is 2.65. The summed E-state index contributed by atoms with van der Waals surface area (Å²) in [4.78, 5) is 14.8. The van der Waals surface area contributed by atoms with Gasteiger partial charge in [-0.15, -0.1) is 0 Å². The molecule has 0 aliphatic heterocycles. The highest BCUT2D eigenvalue weighted by Gasteiger charge is 2.18. The van der Waals surface area contributed by atoms with Crippen molar-refractivity contribution in [3.63, 3.8) is 0 Å². The molecule has 0 saturated carbocycles. The Bertz CT molecular complexity index is 631. The van der Waals surface area contributed by atoms with Crippen LogP contribution in [0.15, 0.2) is 22.7 Å². The second-order valence-electron chi connectivity index (χ2n) is 3.89. The van der Waals surface area contributed by atoms with Gasteiger partial charge in [0, 0.05) is 16.7 Å². The molecule has 5 heteroatoms. The summed E-state index contributed by atoms with van der Waals surface area (Å²) in [5.74, 6) is -0.394. The summed E-state index contributed by atoms with van der Waals surface area (Å²) in [6.45, 7) is 3.81. The molecule has 4 nitrogen and oxygen atoms in total. The van der Waals surface area contributed by atoms with Gasteiger partial charge < -0.3 is 15.1 Å². The van der Waals surface area contributed by atoms with E-state index >= 15 is 0 Å². The van der Waals surface area contributed by atoms with Gasteiger partial charge >= 0.3 is 5.97 Å². The van der Waals surface area contributed by atoms with Gasteiger partial charge in [-0.3, -0.25) is 0 Å². The maximum Gasteiger partial charge on any atom is 0.355 e. The largest absolute Gasteiger partial charge is 0.461 e. The molecule has 0 unspecified atom stereocenters. The summed E-state index contributed by atoms with van der Waals surface area (Å²) in [7, 11) is 0. The first-order valence-corrected chi connectivity index (χ1v) is 6.38. The Kier molecular flexibility index (Phi) is 3.52. The van der Waals surface area contributed by atoms with Gasteiger partial charge in [0.1, 0.15) is 5.69 Å². The fourth-order valence-electron chi connectivity index (χ4n) is 1.84. The summed E-state index contributed by atoms with van der Waals surface area (Å²) in [5.41, 5.74) is 2.40. The van der Waals surface area contributed by atoms with Crippen molar-refractivity contribution in [2.45, 2.75) is 13.8 Å². The maximum atomic E-state index is 11.8. The van der Waals surface area contributed by atoms with Gasteiger partial charge in [0.05, 0.1) is 16.6 Å². The number of halogens is 1. The maximum absolute atomic E-state index is 11.8. The number of H-pyrrole nitrogens is 1. The fourth-order valence-corrected chi connectivity index (χ4v) is 2.43. The van der Waals surface area contributed by atoms with E-state index in [1.807, 2.05) is 18.2 Å². The number of rotatable bonds is 3. The minimum Gasteiger partial charge on any atom is -0.461 e. The van der Waals surface area contributed by atoms with Gasteiger partial charge in [-0.1, -0.05) is 18.2 Å². The number of aromatic amines is 1. The number of carbonyl (C=O) groups is 1. The van der Waals surface area contributed by atoms with Crippen LogP contribution in [0, 0.1) is 5.41 Å². The molecule has 94 valence electrons. The first kappa shape index (κ1) is 12.8. The van der Waals surface area contributed by atoms with Crippen LogP contribution in [0.5, 0.6) is 0 Å². The van der Waals surface area contributed by atoms with Crippen LogP contribution in [0.3, 0.4) is 0 Å². The predicted molar refractivity (Wildman–Crippen MR) is 74.5 cm³/mol. The summed E-state index contributed by atoms with van der Waals surface area (Å²) < 4.78 is 5.66. The topological polar surface area (TPSA) is 65.9 Å². The van der Waals surface area contributed by atoms with Crippen molar-refractivity contribution in [3.05, 3.63) is 33.9 Å². The zero-order valence-electron chi connectivity index (χ0n) is 10.1. The molecule has 2 aromatic rings. The van der Waals surface area contributed by atoms with Gasteiger partial charge in [0.25, 0.3) is 0 Å². The van der Waals surface area contributed by atoms with Gasteiger partial charge in [-0.05, 0) is 29.8 Å². The number of hydrogen-bond acceptors (Lipinski definition) is 3. The van der Waals surface area contributed by atoms with E-state index < -0.39 is 5.97 Å². The second-order valence-corrected chi connectivity index (χ2v) is 4.68. The van der Waals surface area contributed by atoms with Crippen molar-refractivity contribution in [2.75, 3.05) is 6.61 Å². The highest BCUT2D eigenvalue weighted by molar-refractivity contribution is 9.10. The molecule has 18 heavy (non-hydrogen) atoms. The molecule has 2 N–H and O–H groups in total. The van der Waals surface area contributed by atoms with E-state index in [2.05, 4.69) is 20.9 Å². The molecule has 1 aromatic heterocycles. The Morgan fingerprint density at radius 3 is 2.83 bits per heavy atom. The zero-order valence-corrected chi connectivity index (χ0v) is 11.7. The highest BCUT2D eigenvalue weighted by Crippen LogP contribution is 2.30. The smallest absolute Gasteiger partial charge is 0.355 e. The molecular formula is C13H13BrN2O2. The lowest BCUT2D eigenvalue weighted by Gasteiger charge is -1.99. The van der Waals surface area contributed by atoms with Crippen LogP contribution in [0.1, 0.15) is 29.9 Å². The van der Waals surface area contributed by atoms with E-state index in [4.69, 9.17) is 10.1 Å². The number of esters is 1. The highest BCUT2D eigenvalue weighted by atomic mass is 79.9. The predicted octanol–water partition coefficient (Wildman–Crippen LogP) is 3.49. The quantitative estimate of drug-likeness (QED) is 0.673. The number of fused-ring (bicyclic) bond motifs is 1. The lowest BCUT2D eigenvalue weighted by Crippen LogP contribution is -2.05. The lowest BCUT2D eigenvalue weighted by molar-refractivity contribution is 0.0519. The van der Waals surface area contributed by atoms with Crippen LogP contribution < -0.4 is 0 Å². The van der Waals surface area contributed by atoms with E-state index in [-0.39, 0.29) is 0 Å². The summed E-state index contributed by atoms with van der Waals surface area (Å²) >= 11 is 3.40. The number of benzene rings is 1. The van der Waals surface area contributed by atoms with E-state index in [9.17, 15) is 4.79 Å². The molecule has 0 amide bonds. The number of ether oxygens (including phenoxy) is 1. The summed E-state index contributed by atoms with van der Waals surface area (Å²) in [6.07, 6.45) is 0. The van der Waals surface area contributed by atoms with Crippen LogP contribution in [-0.2, 0) is 4.74 Å². The Morgan fingerprint density at radius 1 is 1.50 bits per heavy atom. The molecule has 0 fully saturated rings. The van der Waals surface area contributed by atoms with Crippen molar-refractivity contribution in [3.8, 4) is 0 Å². The van der Waals surface area contributed by atoms with Crippen LogP contribution in [0.25, 0.3) is 10.9 Å². The molecule has 0 spiro atoms. The van der Waals surface area contributed by atoms with Gasteiger partial charge in [0.2, 0.25) is 0 Å². The van der Waals surface area contributed by atoms with E-state index in [1.54, 1.807) is 13.8 Å². The number of nitrogens with one attached hydrogen (secondary N) is 2. The summed E-state index contributed by atoms with van der Waals surface area (Å²) in [6, 6.07) is 5.61. The van der Waals surface area contributed by atoms with Crippen LogP contribution in [-0.4, -0.2) is 23.3 Å². The average Bonchev–Trinajstić information content (AvgIpc) is 2.67. The van der Waals surface area contributed by atoms with E-state index in [1.165, 1.54) is 0 Å². The minimum absolute atomic E-state index is 0.330. The van der Waals surface area contributed by atoms with E-state index in [0.29, 0.717) is 22.5 Å². The van der Waals surface area contributed by atoms with Crippen LogP contribution >= 0.6 is 15.9 Å². The number of carbonyl (C=O) groups excluding carboxylic acids is 1. The molecule has 1 aromatic carbocycles. The first-order chi connectivity index (χ1) is 8.56. The van der Waals surface area contributed by atoms with Gasteiger partial charge in [0.15, 0.2) is 0 Å². The van der Waals surface area contributed by atoms with Crippen LogP contribution in [0.4, 0.5) is 0 Å². The zero-order chi connectivity index (χ0) is 13.3. The van der Waals surface area contributed by atoms with Gasteiger partial charge in [-0.25, -0.2) is 4.79 Å². The molecular weight excluding hydrogens is 296 g/mol. The number of para-hydroxylation sites is 1. The van der Waals surface area contributed by atoms with Crippen molar-refractivity contribution in [2.24, 2.45) is 0 Å². The molecule has 2 rings (SSSR count). The number of hydrogen-bond donors (Lipinski definition) is 2. The first-order valence-electron chi connectivity index (χ1n) is 5.59. The van der Waals surface area contributed by atoms with Crippen molar-refractivity contribution in [1.82, 2.24) is 4.98 Å². The molecule has 0 saturated heterocycles. The van der Waals surface area contributed by atoms with E-state index in [0.717, 1.165) is 16.5 Å². The van der Waals surface area contributed by atoms with Crippen molar-refractivity contribution in [1.29, 1.82) is 5.41 Å². The molecule has 0 aliphatic rings. The second kappa shape index (κ2) is 4.94. The minimum atomic E-state index is -0.394. The van der Waals surface area contributed by atoms with Crippen molar-refractivity contribution < 1.29 is 9.53 Å². The fraction of sp³-hybridized carbons (Fsp3) is 0.231. The Hall–Kier alpha value is -1.62. The third-order valence-corrected chi connectivity index (χ3v) is 3.48. The molecule has 0 atom stereocenters. The van der Waals surface area contributed by atoms with Crippen LogP contribution in [0.2, 0.25) is 0 Å². The number of aromatic nitrogens is 1. The summed E-state index contributed by atoms with van der Waals surface area (Å²) in [5, 5.41) is 8.61. The molecule has 0 radical (unpaired) electrons. The third kappa shape index (κ3) is 2.06. The van der Waals surface area contributed by atoms with Crippen molar-refractivity contribution >= 4 is 38.5 Å². The Labute approximate surface area is 113 Å². The monoisotopic (exact) mass is 308 g/mol. The Morgan fingerprint density at radius 2 is 2.22 bits per heavy atom. The molecule has 0 bridgehead atoms.